The van der Waals surface area contributed by atoms with Gasteiger partial charge in [-0.25, -0.2) is 8.42 Å². The number of nitrogens with zero attached hydrogens (tertiary/aromatic N) is 2. The van der Waals surface area contributed by atoms with E-state index in [-0.39, 0.29) is 29.7 Å². The SMILES string of the molecule is I.NC(=NCCCS(=O)(=O)c1ccccc1)NCCCN1CCOCC1. The Bertz CT molecular complexity index is 635. The minimum absolute atomic E-state index is 0. The molecular weight excluding hydrogens is 467 g/mol. The van der Waals surface area contributed by atoms with Crippen molar-refractivity contribution in [2.75, 3.05) is 51.7 Å². The summed E-state index contributed by atoms with van der Waals surface area (Å²) >= 11 is 0. The van der Waals surface area contributed by atoms with Crippen molar-refractivity contribution < 1.29 is 13.2 Å². The van der Waals surface area contributed by atoms with Crippen LogP contribution in [0.15, 0.2) is 40.2 Å². The summed E-state index contributed by atoms with van der Waals surface area (Å²) < 4.78 is 29.6. The fourth-order valence-electron chi connectivity index (χ4n) is 2.60. The van der Waals surface area contributed by atoms with Crippen LogP contribution < -0.4 is 11.1 Å². The Labute approximate surface area is 173 Å². The number of hydrogen-bond acceptors (Lipinski definition) is 5. The monoisotopic (exact) mass is 496 g/mol. The highest BCUT2D eigenvalue weighted by atomic mass is 127. The van der Waals surface area contributed by atoms with Crippen molar-refractivity contribution in [3.63, 3.8) is 0 Å². The lowest BCUT2D eigenvalue weighted by Crippen LogP contribution is -2.39. The number of nitrogens with two attached hydrogens (primary N) is 1. The quantitative estimate of drug-likeness (QED) is 0.230. The van der Waals surface area contributed by atoms with E-state index in [1.54, 1.807) is 30.3 Å². The Hall–Kier alpha value is -0.910. The van der Waals surface area contributed by atoms with Crippen LogP contribution >= 0.6 is 24.0 Å². The highest BCUT2D eigenvalue weighted by Crippen LogP contribution is 2.10. The first kappa shape index (κ1) is 23.1. The molecule has 1 aliphatic rings. The highest BCUT2D eigenvalue weighted by Gasteiger charge is 2.13. The summed E-state index contributed by atoms with van der Waals surface area (Å²) in [7, 11) is -3.24. The van der Waals surface area contributed by atoms with E-state index in [4.69, 9.17) is 10.5 Å². The van der Waals surface area contributed by atoms with Gasteiger partial charge in [0.25, 0.3) is 0 Å². The average Bonchev–Trinajstić information content (AvgIpc) is 2.64. The number of benzene rings is 1. The summed E-state index contributed by atoms with van der Waals surface area (Å²) in [4.78, 5) is 6.91. The molecule has 0 atom stereocenters. The van der Waals surface area contributed by atoms with Crippen LogP contribution in [0.4, 0.5) is 0 Å². The van der Waals surface area contributed by atoms with E-state index in [0.717, 1.165) is 45.8 Å². The third kappa shape index (κ3) is 8.65. The van der Waals surface area contributed by atoms with E-state index < -0.39 is 9.84 Å². The van der Waals surface area contributed by atoms with Crippen LogP contribution in [0, 0.1) is 0 Å². The molecule has 0 saturated carbocycles. The first-order valence-electron chi connectivity index (χ1n) is 8.69. The van der Waals surface area contributed by atoms with Crippen molar-refractivity contribution in [2.45, 2.75) is 17.7 Å². The standard InChI is InChI=1S/C17H28N4O3S.HI/c18-17(19-8-4-10-21-11-13-24-14-12-21)20-9-5-15-25(22,23)16-6-2-1-3-7-16;/h1-3,6-7H,4-5,8-15H2,(H3,18,19,20);1H. The number of hydrogen-bond donors (Lipinski definition) is 2. The van der Waals surface area contributed by atoms with Crippen LogP contribution in [-0.4, -0.2) is 71.0 Å². The Morgan fingerprint density at radius 3 is 2.58 bits per heavy atom. The molecule has 26 heavy (non-hydrogen) atoms. The molecule has 1 aliphatic heterocycles. The zero-order chi connectivity index (χ0) is 18.0. The third-order valence-electron chi connectivity index (χ3n) is 4.02. The van der Waals surface area contributed by atoms with Crippen LogP contribution in [0.2, 0.25) is 0 Å². The van der Waals surface area contributed by atoms with Gasteiger partial charge in [0.05, 0.1) is 23.9 Å². The normalized spacial score (nSPS) is 16.1. The van der Waals surface area contributed by atoms with Crippen LogP contribution in [0.3, 0.4) is 0 Å². The maximum atomic E-state index is 12.1. The summed E-state index contributed by atoms with van der Waals surface area (Å²) in [5.41, 5.74) is 5.81. The smallest absolute Gasteiger partial charge is 0.188 e. The predicted molar refractivity (Wildman–Crippen MR) is 115 cm³/mol. The molecule has 1 saturated heterocycles. The Kier molecular flexibility index (Phi) is 11.1. The highest BCUT2D eigenvalue weighted by molar-refractivity contribution is 14.0. The fourth-order valence-corrected chi connectivity index (χ4v) is 3.92. The van der Waals surface area contributed by atoms with Crippen molar-refractivity contribution in [3.8, 4) is 0 Å². The van der Waals surface area contributed by atoms with Gasteiger partial charge in [0.15, 0.2) is 15.8 Å². The molecule has 9 heteroatoms. The minimum Gasteiger partial charge on any atom is -0.379 e. The van der Waals surface area contributed by atoms with Crippen LogP contribution in [0.1, 0.15) is 12.8 Å². The van der Waals surface area contributed by atoms with Crippen molar-refractivity contribution in [1.29, 1.82) is 0 Å². The molecule has 1 aromatic carbocycles. The second kappa shape index (κ2) is 12.5. The molecule has 1 aromatic rings. The Morgan fingerprint density at radius 2 is 1.88 bits per heavy atom. The zero-order valence-electron chi connectivity index (χ0n) is 15.0. The maximum Gasteiger partial charge on any atom is 0.188 e. The summed E-state index contributed by atoms with van der Waals surface area (Å²) in [6, 6.07) is 8.48. The second-order valence-electron chi connectivity index (χ2n) is 5.99. The number of halogens is 1. The van der Waals surface area contributed by atoms with Crippen molar-refractivity contribution in [3.05, 3.63) is 30.3 Å². The molecule has 0 bridgehead atoms. The van der Waals surface area contributed by atoms with Gasteiger partial charge < -0.3 is 15.8 Å². The van der Waals surface area contributed by atoms with E-state index in [9.17, 15) is 8.42 Å². The summed E-state index contributed by atoms with van der Waals surface area (Å²) in [6.07, 6.45) is 1.44. The molecule has 0 aromatic heterocycles. The van der Waals surface area contributed by atoms with Gasteiger partial charge in [-0.1, -0.05) is 18.2 Å². The zero-order valence-corrected chi connectivity index (χ0v) is 18.1. The van der Waals surface area contributed by atoms with E-state index in [0.29, 0.717) is 23.8 Å². The van der Waals surface area contributed by atoms with Gasteiger partial charge in [-0.2, -0.15) is 0 Å². The maximum absolute atomic E-state index is 12.1. The minimum atomic E-state index is -3.24. The molecule has 0 amide bonds. The Morgan fingerprint density at radius 1 is 1.19 bits per heavy atom. The van der Waals surface area contributed by atoms with Gasteiger partial charge in [-0.15, -0.1) is 24.0 Å². The van der Waals surface area contributed by atoms with Crippen molar-refractivity contribution in [2.24, 2.45) is 10.7 Å². The lowest BCUT2D eigenvalue weighted by atomic mass is 10.3. The molecule has 0 radical (unpaired) electrons. The number of aliphatic imine (C=N–C) groups is 1. The molecule has 0 unspecified atom stereocenters. The summed E-state index contributed by atoms with van der Waals surface area (Å²) in [5, 5.41) is 3.07. The van der Waals surface area contributed by atoms with Crippen LogP contribution in [0.25, 0.3) is 0 Å². The Balaban J connectivity index is 0.00000338. The first-order chi connectivity index (χ1) is 12.1. The number of ether oxygens (including phenoxy) is 1. The molecule has 3 N–H and O–H groups in total. The van der Waals surface area contributed by atoms with Crippen molar-refractivity contribution in [1.82, 2.24) is 10.2 Å². The van der Waals surface area contributed by atoms with E-state index in [1.807, 2.05) is 0 Å². The van der Waals surface area contributed by atoms with E-state index in [2.05, 4.69) is 15.2 Å². The second-order valence-corrected chi connectivity index (χ2v) is 8.10. The molecule has 7 nitrogen and oxygen atoms in total. The van der Waals surface area contributed by atoms with Gasteiger partial charge in [0.1, 0.15) is 0 Å². The molecule has 0 aliphatic carbocycles. The molecule has 1 heterocycles. The van der Waals surface area contributed by atoms with Crippen molar-refractivity contribution >= 4 is 39.8 Å². The average molecular weight is 496 g/mol. The van der Waals surface area contributed by atoms with E-state index in [1.165, 1.54) is 0 Å². The molecule has 148 valence electrons. The lowest BCUT2D eigenvalue weighted by molar-refractivity contribution is 0.0376. The number of nitrogens with one attached hydrogen (secondary N) is 1. The van der Waals surface area contributed by atoms with Crippen LogP contribution in [-0.2, 0) is 14.6 Å². The first-order valence-corrected chi connectivity index (χ1v) is 10.3. The third-order valence-corrected chi connectivity index (χ3v) is 5.83. The van der Waals surface area contributed by atoms with Gasteiger partial charge in [-0.3, -0.25) is 9.89 Å². The molecule has 0 spiro atoms. The molecule has 2 rings (SSSR count). The molecular formula is C17H29IN4O3S. The number of sulfone groups is 1. The van der Waals surface area contributed by atoms with Gasteiger partial charge in [-0.05, 0) is 31.5 Å². The van der Waals surface area contributed by atoms with E-state index >= 15 is 0 Å². The largest absolute Gasteiger partial charge is 0.379 e. The predicted octanol–water partition coefficient (Wildman–Crippen LogP) is 1.10. The van der Waals surface area contributed by atoms with Gasteiger partial charge >= 0.3 is 0 Å². The number of morpholine rings is 1. The van der Waals surface area contributed by atoms with Crippen LogP contribution in [0.5, 0.6) is 0 Å². The number of guanidine groups is 1. The number of rotatable bonds is 9. The van der Waals surface area contributed by atoms with Gasteiger partial charge in [0, 0.05) is 26.2 Å². The topological polar surface area (TPSA) is 97.0 Å². The molecule has 1 fully saturated rings. The lowest BCUT2D eigenvalue weighted by Gasteiger charge is -2.26. The fraction of sp³-hybridized carbons (Fsp3) is 0.588. The summed E-state index contributed by atoms with van der Waals surface area (Å²) in [5.74, 6) is 0.448. The van der Waals surface area contributed by atoms with Gasteiger partial charge in [0.2, 0.25) is 0 Å². The summed E-state index contributed by atoms with van der Waals surface area (Å²) in [6.45, 7) is 5.76.